The minimum atomic E-state index is -0.664. The Balaban J connectivity index is 1.46. The van der Waals surface area contributed by atoms with Crippen LogP contribution < -0.4 is 10.6 Å². The summed E-state index contributed by atoms with van der Waals surface area (Å²) in [7, 11) is 1.31. The molecule has 4 rings (SSSR count). The maximum Gasteiger partial charge on any atom is 0.328 e. The zero-order valence-electron chi connectivity index (χ0n) is 16.9. The molecule has 2 N–H and O–H groups in total. The van der Waals surface area contributed by atoms with E-state index in [1.807, 2.05) is 13.8 Å². The largest absolute Gasteiger partial charge is 0.467 e. The third kappa shape index (κ3) is 5.02. The van der Waals surface area contributed by atoms with Gasteiger partial charge in [0.1, 0.15) is 6.04 Å². The van der Waals surface area contributed by atoms with Crippen molar-refractivity contribution in [1.82, 2.24) is 10.6 Å². The fraction of sp³-hybridized carbons (Fsp3) is 0.857. The highest BCUT2D eigenvalue weighted by Gasteiger charge is 2.51. The van der Waals surface area contributed by atoms with Gasteiger partial charge < -0.3 is 15.4 Å². The number of esters is 1. The van der Waals surface area contributed by atoms with E-state index in [1.165, 1.54) is 45.6 Å². The monoisotopic (exact) mass is 378 g/mol. The molecule has 0 aromatic carbocycles. The van der Waals surface area contributed by atoms with Crippen LogP contribution in [0.15, 0.2) is 0 Å². The van der Waals surface area contributed by atoms with Crippen LogP contribution in [0.4, 0.5) is 0 Å². The molecule has 0 unspecified atom stereocenters. The number of nitrogens with one attached hydrogen (secondary N) is 2. The first-order valence-electron chi connectivity index (χ1n) is 10.4. The van der Waals surface area contributed by atoms with Crippen molar-refractivity contribution < 1.29 is 19.1 Å². The lowest BCUT2D eigenvalue weighted by Crippen LogP contribution is -2.49. The topological polar surface area (TPSA) is 84.5 Å². The Morgan fingerprint density at radius 3 is 2.04 bits per heavy atom. The molecule has 0 spiro atoms. The second-order valence-electron chi connectivity index (χ2n) is 9.64. The Bertz CT molecular complexity index is 551. The summed E-state index contributed by atoms with van der Waals surface area (Å²) in [5, 5.41) is 5.46. The molecule has 4 saturated carbocycles. The van der Waals surface area contributed by atoms with Gasteiger partial charge >= 0.3 is 5.97 Å². The molecule has 0 radical (unpaired) electrons. The summed E-state index contributed by atoms with van der Waals surface area (Å²) in [6, 6.07) is -0.664. The highest BCUT2D eigenvalue weighted by molar-refractivity contribution is 5.88. The fourth-order valence-corrected chi connectivity index (χ4v) is 6.16. The highest BCUT2D eigenvalue weighted by Crippen LogP contribution is 2.61. The third-order valence-electron chi connectivity index (χ3n) is 6.67. The van der Waals surface area contributed by atoms with E-state index in [1.54, 1.807) is 0 Å². The minimum absolute atomic E-state index is 0.0365. The van der Waals surface area contributed by atoms with Crippen LogP contribution in [0.2, 0.25) is 0 Å². The van der Waals surface area contributed by atoms with Gasteiger partial charge in [-0.3, -0.25) is 9.59 Å². The number of rotatable bonds is 8. The van der Waals surface area contributed by atoms with E-state index in [2.05, 4.69) is 10.6 Å². The maximum absolute atomic E-state index is 12.5. The van der Waals surface area contributed by atoms with E-state index < -0.39 is 12.0 Å². The molecular weight excluding hydrogens is 344 g/mol. The molecule has 0 aromatic heterocycles. The van der Waals surface area contributed by atoms with E-state index in [-0.39, 0.29) is 29.7 Å². The predicted molar refractivity (Wildman–Crippen MR) is 102 cm³/mol. The smallest absolute Gasteiger partial charge is 0.328 e. The van der Waals surface area contributed by atoms with Gasteiger partial charge in [0.25, 0.3) is 0 Å². The average molecular weight is 379 g/mol. The van der Waals surface area contributed by atoms with Crippen LogP contribution in [0.25, 0.3) is 0 Å². The van der Waals surface area contributed by atoms with Crippen LogP contribution in [0.1, 0.15) is 65.2 Å². The number of hydrogen-bond acceptors (Lipinski definition) is 4. The van der Waals surface area contributed by atoms with Gasteiger partial charge in [-0.1, -0.05) is 13.8 Å². The van der Waals surface area contributed by atoms with Gasteiger partial charge in [-0.25, -0.2) is 4.79 Å². The number of ether oxygens (including phenoxy) is 1. The first-order chi connectivity index (χ1) is 12.8. The molecule has 2 amide bonds. The van der Waals surface area contributed by atoms with Gasteiger partial charge in [0.05, 0.1) is 13.7 Å². The molecule has 6 heteroatoms. The molecule has 1 atom stereocenters. The normalized spacial score (nSPS) is 32.2. The molecule has 4 aliphatic rings. The average Bonchev–Trinajstić information content (AvgIpc) is 2.56. The Hall–Kier alpha value is -1.59. The molecule has 0 aromatic rings. The Morgan fingerprint density at radius 2 is 1.56 bits per heavy atom. The van der Waals surface area contributed by atoms with Crippen molar-refractivity contribution in [2.45, 2.75) is 71.3 Å². The van der Waals surface area contributed by atoms with Crippen molar-refractivity contribution in [3.05, 3.63) is 0 Å². The maximum atomic E-state index is 12.5. The summed E-state index contributed by atoms with van der Waals surface area (Å²) in [6.07, 6.45) is 8.65. The van der Waals surface area contributed by atoms with E-state index in [0.29, 0.717) is 12.8 Å². The molecule has 4 bridgehead atoms. The zero-order chi connectivity index (χ0) is 19.6. The molecular formula is C21H34N2O4. The highest BCUT2D eigenvalue weighted by atomic mass is 16.5. The number of amides is 2. The van der Waals surface area contributed by atoms with Crippen LogP contribution in [0, 0.1) is 29.1 Å². The zero-order valence-corrected chi connectivity index (χ0v) is 16.9. The molecule has 0 heterocycles. The first kappa shape index (κ1) is 20.2. The van der Waals surface area contributed by atoms with Crippen molar-refractivity contribution in [1.29, 1.82) is 0 Å². The summed E-state index contributed by atoms with van der Waals surface area (Å²) < 4.78 is 4.76. The summed E-state index contributed by atoms with van der Waals surface area (Å²) in [6.45, 7) is 3.88. The van der Waals surface area contributed by atoms with Crippen molar-refractivity contribution in [2.24, 2.45) is 29.1 Å². The SMILES string of the molecule is COC(=O)[C@H](CC(C)C)NC(=O)CNC(=O)CC12CC3CC(CC(C3)C1)C2. The third-order valence-corrected chi connectivity index (χ3v) is 6.67. The quantitative estimate of drug-likeness (QED) is 0.635. The summed E-state index contributed by atoms with van der Waals surface area (Å²) in [5.74, 6) is 1.85. The number of hydrogen-bond donors (Lipinski definition) is 2. The van der Waals surface area contributed by atoms with E-state index in [9.17, 15) is 14.4 Å². The van der Waals surface area contributed by atoms with Crippen LogP contribution in [0.5, 0.6) is 0 Å². The van der Waals surface area contributed by atoms with Gasteiger partial charge in [0.15, 0.2) is 0 Å². The van der Waals surface area contributed by atoms with Gasteiger partial charge in [0.2, 0.25) is 11.8 Å². The second-order valence-corrected chi connectivity index (χ2v) is 9.64. The lowest BCUT2D eigenvalue weighted by Gasteiger charge is -2.56. The predicted octanol–water partition coefficient (Wildman–Crippen LogP) is 2.41. The Morgan fingerprint density at radius 1 is 1.00 bits per heavy atom. The summed E-state index contributed by atoms with van der Waals surface area (Å²) in [4.78, 5) is 36.5. The number of carbonyl (C=O) groups is 3. The molecule has 0 saturated heterocycles. The van der Waals surface area contributed by atoms with Crippen LogP contribution >= 0.6 is 0 Å². The molecule has 4 aliphatic carbocycles. The van der Waals surface area contributed by atoms with Crippen molar-refractivity contribution >= 4 is 17.8 Å². The first-order valence-corrected chi connectivity index (χ1v) is 10.4. The number of carbonyl (C=O) groups excluding carboxylic acids is 3. The number of methoxy groups -OCH3 is 1. The van der Waals surface area contributed by atoms with E-state index in [4.69, 9.17) is 4.74 Å². The van der Waals surface area contributed by atoms with Gasteiger partial charge in [0, 0.05) is 6.42 Å². The van der Waals surface area contributed by atoms with E-state index >= 15 is 0 Å². The van der Waals surface area contributed by atoms with Crippen molar-refractivity contribution in [2.75, 3.05) is 13.7 Å². The molecule has 4 fully saturated rings. The fourth-order valence-electron chi connectivity index (χ4n) is 6.16. The molecule has 152 valence electrons. The molecule has 6 nitrogen and oxygen atoms in total. The van der Waals surface area contributed by atoms with Gasteiger partial charge in [-0.15, -0.1) is 0 Å². The van der Waals surface area contributed by atoms with E-state index in [0.717, 1.165) is 17.8 Å². The lowest BCUT2D eigenvalue weighted by atomic mass is 9.49. The van der Waals surface area contributed by atoms with Crippen LogP contribution in [0.3, 0.4) is 0 Å². The minimum Gasteiger partial charge on any atom is -0.467 e. The second kappa shape index (κ2) is 8.19. The molecule has 0 aliphatic heterocycles. The molecule has 27 heavy (non-hydrogen) atoms. The Labute approximate surface area is 162 Å². The van der Waals surface area contributed by atoms with Crippen LogP contribution in [-0.4, -0.2) is 37.5 Å². The van der Waals surface area contributed by atoms with Gasteiger partial charge in [-0.05, 0) is 74.0 Å². The van der Waals surface area contributed by atoms with Crippen molar-refractivity contribution in [3.8, 4) is 0 Å². The van der Waals surface area contributed by atoms with Crippen molar-refractivity contribution in [3.63, 3.8) is 0 Å². The Kier molecular flexibility index (Phi) is 6.11. The van der Waals surface area contributed by atoms with Gasteiger partial charge in [-0.2, -0.15) is 0 Å². The standard InChI is InChI=1S/C21H34N2O4/c1-13(2)4-17(20(26)27-3)23-19(25)12-22-18(24)11-21-8-14-5-15(9-21)7-16(6-14)10-21/h13-17H,4-12H2,1-3H3,(H,22,24)(H,23,25)/t14?,15?,16?,17-,21?/m0/s1. The summed E-state index contributed by atoms with van der Waals surface area (Å²) >= 11 is 0. The summed E-state index contributed by atoms with van der Waals surface area (Å²) in [5.41, 5.74) is 0.168. The van der Waals surface area contributed by atoms with Crippen LogP contribution in [-0.2, 0) is 19.1 Å². The lowest BCUT2D eigenvalue weighted by molar-refractivity contribution is -0.145.